The van der Waals surface area contributed by atoms with Crippen molar-refractivity contribution in [3.63, 3.8) is 0 Å². The second kappa shape index (κ2) is 7.56. The molecule has 3 aromatic rings. The monoisotopic (exact) mass is 377 g/mol. The summed E-state index contributed by atoms with van der Waals surface area (Å²) in [5.41, 5.74) is 3.01. The van der Waals surface area contributed by atoms with Crippen LogP contribution in [0.2, 0.25) is 0 Å². The first-order valence-corrected chi connectivity index (χ1v) is 8.79. The van der Waals surface area contributed by atoms with Gasteiger partial charge in [-0.3, -0.25) is 9.78 Å². The van der Waals surface area contributed by atoms with E-state index in [2.05, 4.69) is 15.5 Å². The third-order valence-corrected chi connectivity index (χ3v) is 4.58. The maximum absolute atomic E-state index is 12.7. The van der Waals surface area contributed by atoms with E-state index in [9.17, 15) is 4.79 Å². The van der Waals surface area contributed by atoms with Gasteiger partial charge in [0.15, 0.2) is 11.5 Å². The van der Waals surface area contributed by atoms with E-state index >= 15 is 0 Å². The van der Waals surface area contributed by atoms with Gasteiger partial charge in [0, 0.05) is 23.6 Å². The predicted molar refractivity (Wildman–Crippen MR) is 106 cm³/mol. The fraction of sp³-hybridized carbons (Fsp3) is 0.190. The van der Waals surface area contributed by atoms with Crippen molar-refractivity contribution in [2.75, 3.05) is 19.5 Å². The molecule has 7 heteroatoms. The molecule has 0 fully saturated rings. The van der Waals surface area contributed by atoms with E-state index in [4.69, 9.17) is 14.3 Å². The molecule has 0 aliphatic carbocycles. The van der Waals surface area contributed by atoms with Crippen molar-refractivity contribution >= 4 is 28.2 Å². The molecule has 28 heavy (non-hydrogen) atoms. The maximum Gasteiger partial charge on any atom is 0.268 e. The number of oxime groups is 1. The van der Waals surface area contributed by atoms with Crippen LogP contribution in [0.3, 0.4) is 0 Å². The van der Waals surface area contributed by atoms with E-state index in [0.717, 1.165) is 16.5 Å². The Bertz CT molecular complexity index is 1060. The van der Waals surface area contributed by atoms with E-state index < -0.39 is 6.10 Å². The number of methoxy groups -OCH3 is 2. The molecule has 0 saturated carbocycles. The number of hydrogen-bond donors (Lipinski definition) is 1. The van der Waals surface area contributed by atoms with Gasteiger partial charge in [-0.1, -0.05) is 11.2 Å². The molecule has 0 bridgehead atoms. The number of aromatic nitrogens is 1. The van der Waals surface area contributed by atoms with Gasteiger partial charge in [-0.15, -0.1) is 0 Å². The second-order valence-corrected chi connectivity index (χ2v) is 6.27. The molecule has 2 heterocycles. The zero-order chi connectivity index (χ0) is 19.5. The van der Waals surface area contributed by atoms with Crippen LogP contribution in [0.25, 0.3) is 10.9 Å². The van der Waals surface area contributed by atoms with Crippen LogP contribution in [-0.2, 0) is 9.63 Å². The molecule has 4 rings (SSSR count). The van der Waals surface area contributed by atoms with Crippen LogP contribution in [0.4, 0.5) is 5.69 Å². The van der Waals surface area contributed by atoms with Crippen LogP contribution in [-0.4, -0.2) is 36.9 Å². The first-order chi connectivity index (χ1) is 13.7. The summed E-state index contributed by atoms with van der Waals surface area (Å²) in [6.45, 7) is 0. The number of nitrogens with zero attached hydrogens (tertiary/aromatic N) is 2. The second-order valence-electron chi connectivity index (χ2n) is 6.27. The molecular formula is C21H19N3O4. The molecule has 1 amide bonds. The van der Waals surface area contributed by atoms with E-state index in [-0.39, 0.29) is 5.91 Å². The van der Waals surface area contributed by atoms with Crippen molar-refractivity contribution in [1.29, 1.82) is 0 Å². The first kappa shape index (κ1) is 17.8. The van der Waals surface area contributed by atoms with Crippen molar-refractivity contribution in [1.82, 2.24) is 4.98 Å². The Balaban J connectivity index is 1.48. The number of rotatable bonds is 5. The Morgan fingerprint density at radius 3 is 2.79 bits per heavy atom. The molecule has 1 aliphatic heterocycles. The minimum atomic E-state index is -0.699. The summed E-state index contributed by atoms with van der Waals surface area (Å²) in [7, 11) is 3.15. The Morgan fingerprint density at radius 2 is 1.96 bits per heavy atom. The average molecular weight is 377 g/mol. The smallest absolute Gasteiger partial charge is 0.268 e. The number of pyridine rings is 1. The number of anilines is 1. The van der Waals surface area contributed by atoms with Gasteiger partial charge in [0.05, 0.1) is 31.1 Å². The van der Waals surface area contributed by atoms with Crippen molar-refractivity contribution in [3.05, 3.63) is 60.3 Å². The largest absolute Gasteiger partial charge is 0.493 e. The minimum absolute atomic E-state index is 0.254. The lowest BCUT2D eigenvalue weighted by Gasteiger charge is -2.11. The lowest BCUT2D eigenvalue weighted by atomic mass is 10.0. The molecule has 0 unspecified atom stereocenters. The highest BCUT2D eigenvalue weighted by Gasteiger charge is 2.29. The minimum Gasteiger partial charge on any atom is -0.493 e. The number of benzene rings is 2. The van der Waals surface area contributed by atoms with Gasteiger partial charge in [-0.2, -0.15) is 0 Å². The van der Waals surface area contributed by atoms with Gasteiger partial charge in [0.2, 0.25) is 6.10 Å². The fourth-order valence-corrected chi connectivity index (χ4v) is 3.13. The summed E-state index contributed by atoms with van der Waals surface area (Å²) >= 11 is 0. The summed E-state index contributed by atoms with van der Waals surface area (Å²) in [5.74, 6) is 0.971. The van der Waals surface area contributed by atoms with E-state index in [0.29, 0.717) is 29.3 Å². The summed E-state index contributed by atoms with van der Waals surface area (Å²) in [6.07, 6.45) is 1.39. The van der Waals surface area contributed by atoms with E-state index in [1.165, 1.54) is 0 Å². The summed E-state index contributed by atoms with van der Waals surface area (Å²) in [5, 5.41) is 7.88. The van der Waals surface area contributed by atoms with Crippen LogP contribution in [0.5, 0.6) is 11.5 Å². The number of fused-ring (bicyclic) bond motifs is 1. The molecule has 1 aromatic heterocycles. The van der Waals surface area contributed by atoms with Crippen molar-refractivity contribution in [3.8, 4) is 11.5 Å². The molecule has 0 spiro atoms. The number of carbonyl (C=O) groups is 1. The van der Waals surface area contributed by atoms with Crippen LogP contribution < -0.4 is 14.8 Å². The molecule has 0 saturated heterocycles. The highest BCUT2D eigenvalue weighted by Crippen LogP contribution is 2.30. The number of carbonyl (C=O) groups excluding carboxylic acids is 1. The van der Waals surface area contributed by atoms with Crippen LogP contribution in [0.15, 0.2) is 59.9 Å². The van der Waals surface area contributed by atoms with Crippen molar-refractivity contribution in [2.45, 2.75) is 12.5 Å². The Labute approximate surface area is 161 Å². The Hall–Kier alpha value is -3.61. The highest BCUT2D eigenvalue weighted by atomic mass is 16.6. The summed E-state index contributed by atoms with van der Waals surface area (Å²) < 4.78 is 10.6. The Morgan fingerprint density at radius 1 is 1.11 bits per heavy atom. The third kappa shape index (κ3) is 3.34. The average Bonchev–Trinajstić information content (AvgIpc) is 3.24. The zero-order valence-corrected chi connectivity index (χ0v) is 15.5. The lowest BCUT2D eigenvalue weighted by molar-refractivity contribution is -0.125. The van der Waals surface area contributed by atoms with Crippen LogP contribution in [0.1, 0.15) is 12.0 Å². The van der Waals surface area contributed by atoms with Crippen molar-refractivity contribution < 1.29 is 19.1 Å². The van der Waals surface area contributed by atoms with E-state index in [1.54, 1.807) is 26.5 Å². The summed E-state index contributed by atoms with van der Waals surface area (Å²) in [6, 6.07) is 14.8. The van der Waals surface area contributed by atoms with Gasteiger partial charge < -0.3 is 19.6 Å². The Kier molecular flexibility index (Phi) is 4.80. The normalized spacial score (nSPS) is 15.6. The molecular weight excluding hydrogens is 358 g/mol. The number of amides is 1. The fourth-order valence-electron chi connectivity index (χ4n) is 3.13. The summed E-state index contributed by atoms with van der Waals surface area (Å²) in [4.78, 5) is 22.4. The maximum atomic E-state index is 12.7. The molecule has 142 valence electrons. The third-order valence-electron chi connectivity index (χ3n) is 4.58. The molecule has 2 aromatic carbocycles. The molecule has 1 N–H and O–H groups in total. The topological polar surface area (TPSA) is 82.0 Å². The standard InChI is InChI=1S/C21H19N3O4/c1-26-18-9-8-13(11-19(18)27-2)17-12-20(28-24-17)21(25)23-16-7-3-6-15-14(16)5-4-10-22-15/h3-11,20H,12H2,1-2H3,(H,23,25)/t20-/m0/s1. The van der Waals surface area contributed by atoms with Gasteiger partial charge in [0.25, 0.3) is 5.91 Å². The van der Waals surface area contributed by atoms with Gasteiger partial charge in [-0.05, 0) is 42.5 Å². The number of nitrogens with one attached hydrogen (secondary N) is 1. The van der Waals surface area contributed by atoms with Gasteiger partial charge in [0.1, 0.15) is 0 Å². The molecule has 0 radical (unpaired) electrons. The van der Waals surface area contributed by atoms with Gasteiger partial charge >= 0.3 is 0 Å². The first-order valence-electron chi connectivity index (χ1n) is 8.79. The predicted octanol–water partition coefficient (Wildman–Crippen LogP) is 3.38. The number of hydrogen-bond acceptors (Lipinski definition) is 6. The quantitative estimate of drug-likeness (QED) is 0.737. The van der Waals surface area contributed by atoms with Crippen molar-refractivity contribution in [2.24, 2.45) is 5.16 Å². The van der Waals surface area contributed by atoms with E-state index in [1.807, 2.05) is 42.5 Å². The van der Waals surface area contributed by atoms with Crippen LogP contribution in [0, 0.1) is 0 Å². The molecule has 1 atom stereocenters. The highest BCUT2D eigenvalue weighted by molar-refractivity contribution is 6.08. The number of ether oxygens (including phenoxy) is 2. The lowest BCUT2D eigenvalue weighted by Crippen LogP contribution is -2.28. The van der Waals surface area contributed by atoms with Crippen LogP contribution >= 0.6 is 0 Å². The SMILES string of the molecule is COc1ccc(C2=NO[C@H](C(=O)Nc3cccc4ncccc34)C2)cc1OC. The van der Waals surface area contributed by atoms with Gasteiger partial charge in [-0.25, -0.2) is 0 Å². The zero-order valence-electron chi connectivity index (χ0n) is 15.5. The molecule has 1 aliphatic rings. The molecule has 7 nitrogen and oxygen atoms in total.